The van der Waals surface area contributed by atoms with Crippen LogP contribution in [0.2, 0.25) is 0 Å². The van der Waals surface area contributed by atoms with Gasteiger partial charge in [-0.3, -0.25) is 10.1 Å². The number of ether oxygens (including phenoxy) is 2. The van der Waals surface area contributed by atoms with Gasteiger partial charge in [-0.2, -0.15) is 5.10 Å². The van der Waals surface area contributed by atoms with Crippen molar-refractivity contribution in [1.29, 1.82) is 0 Å². The number of nitrogens with one attached hydrogen (secondary N) is 1. The number of rotatable bonds is 6. The lowest BCUT2D eigenvalue weighted by Crippen LogP contribution is -2.36. The highest BCUT2D eigenvalue weighted by Crippen LogP contribution is 2.36. The van der Waals surface area contributed by atoms with E-state index < -0.39 is 0 Å². The molecular weight excluding hydrogens is 436 g/mol. The van der Waals surface area contributed by atoms with Crippen molar-refractivity contribution in [2.24, 2.45) is 0 Å². The quantitative estimate of drug-likeness (QED) is 0.408. The zero-order chi connectivity index (χ0) is 22.0. The third kappa shape index (κ3) is 4.06. The van der Waals surface area contributed by atoms with Crippen molar-refractivity contribution in [2.75, 3.05) is 31.2 Å². The molecule has 5 aromatic rings. The minimum absolute atomic E-state index is 0.526. The third-order valence-electron chi connectivity index (χ3n) is 5.70. The first kappa shape index (κ1) is 20.2. The van der Waals surface area contributed by atoms with E-state index >= 15 is 0 Å². The smallest absolute Gasteiger partial charge is 0.162 e. The lowest BCUT2D eigenvalue weighted by Gasteiger charge is -2.28. The van der Waals surface area contributed by atoms with Crippen molar-refractivity contribution in [3.8, 4) is 11.4 Å². The monoisotopic (exact) mass is 458 g/mol. The fourth-order valence-corrected chi connectivity index (χ4v) is 5.11. The average molecular weight is 459 g/mol. The Morgan fingerprint density at radius 1 is 1.06 bits per heavy atom. The van der Waals surface area contributed by atoms with Gasteiger partial charge in [0.05, 0.1) is 48.4 Å². The summed E-state index contributed by atoms with van der Waals surface area (Å²) in [5.74, 6) is 1.67. The Morgan fingerprint density at radius 2 is 1.94 bits per heavy atom. The van der Waals surface area contributed by atoms with Gasteiger partial charge in [0, 0.05) is 41.3 Å². The molecule has 0 spiro atoms. The fraction of sp³-hybridized carbons (Fsp3) is 0.250. The number of hydrogen-bond donors (Lipinski definition) is 1. The van der Waals surface area contributed by atoms with Gasteiger partial charge in [-0.1, -0.05) is 12.1 Å². The number of aromatic amines is 1. The second-order valence-corrected chi connectivity index (χ2v) is 9.02. The third-order valence-corrected chi connectivity index (χ3v) is 6.80. The van der Waals surface area contributed by atoms with Crippen LogP contribution < -0.4 is 4.90 Å². The number of fused-ring (bicyclic) bond motifs is 2. The molecule has 1 N–H and O–H groups in total. The van der Waals surface area contributed by atoms with Crippen molar-refractivity contribution in [1.82, 2.24) is 25.1 Å². The Hall–Kier alpha value is -3.40. The van der Waals surface area contributed by atoms with Gasteiger partial charge in [0.1, 0.15) is 0 Å². The number of thiophene rings is 1. The lowest BCUT2D eigenvalue weighted by atomic mass is 10.1. The van der Waals surface area contributed by atoms with E-state index in [0.717, 1.165) is 56.0 Å². The predicted octanol–water partition coefficient (Wildman–Crippen LogP) is 4.18. The first-order valence-corrected chi connectivity index (χ1v) is 11.7. The van der Waals surface area contributed by atoms with E-state index in [1.54, 1.807) is 23.7 Å². The molecule has 1 saturated heterocycles. The molecule has 8 nitrogen and oxygen atoms in total. The highest BCUT2D eigenvalue weighted by Gasteiger charge is 2.21. The van der Waals surface area contributed by atoms with Crippen LogP contribution in [0.4, 0.5) is 5.82 Å². The summed E-state index contributed by atoms with van der Waals surface area (Å²) in [6.07, 6.45) is 5.40. The SMILES string of the molecule is c1cc(-c2nc(N3CCOCC3)c3sc(COCc4ccncc4)cc3n2)c2cn[nH]c2c1. The number of H-pyrrole nitrogens is 1. The molecule has 0 amide bonds. The van der Waals surface area contributed by atoms with Crippen molar-refractivity contribution in [3.63, 3.8) is 0 Å². The fourth-order valence-electron chi connectivity index (χ4n) is 4.06. The van der Waals surface area contributed by atoms with Crippen LogP contribution in [0.1, 0.15) is 10.4 Å². The molecule has 0 aliphatic carbocycles. The number of benzene rings is 1. The highest BCUT2D eigenvalue weighted by atomic mass is 32.1. The molecule has 1 aliphatic heterocycles. The Kier molecular flexibility index (Phi) is 5.43. The normalized spacial score (nSPS) is 14.4. The maximum Gasteiger partial charge on any atom is 0.162 e. The van der Waals surface area contributed by atoms with E-state index in [0.29, 0.717) is 32.3 Å². The second-order valence-electron chi connectivity index (χ2n) is 7.88. The van der Waals surface area contributed by atoms with E-state index in [-0.39, 0.29) is 0 Å². The summed E-state index contributed by atoms with van der Waals surface area (Å²) < 4.78 is 12.6. The number of morpholine rings is 1. The van der Waals surface area contributed by atoms with E-state index in [1.165, 1.54) is 0 Å². The van der Waals surface area contributed by atoms with E-state index in [1.807, 2.05) is 36.5 Å². The van der Waals surface area contributed by atoms with Crippen molar-refractivity contribution < 1.29 is 9.47 Å². The molecule has 1 aromatic carbocycles. The Morgan fingerprint density at radius 3 is 2.82 bits per heavy atom. The molecule has 1 fully saturated rings. The average Bonchev–Trinajstić information content (AvgIpc) is 3.51. The standard InChI is InChI=1S/C24H22N6O2S/c1-2-18(19-13-26-29-20(19)3-1)23-27-21-12-17(15-32-14-16-4-6-25-7-5-16)33-22(21)24(28-23)30-8-10-31-11-9-30/h1-7,12-13H,8-11,14-15H2,(H,26,29). The maximum absolute atomic E-state index is 5.97. The molecule has 9 heteroatoms. The molecule has 1 aliphatic rings. The van der Waals surface area contributed by atoms with Gasteiger partial charge in [0.25, 0.3) is 0 Å². The Labute approximate surface area is 194 Å². The lowest BCUT2D eigenvalue weighted by molar-refractivity contribution is 0.109. The topological polar surface area (TPSA) is 89.1 Å². The molecule has 0 atom stereocenters. The van der Waals surface area contributed by atoms with Crippen LogP contribution in [0, 0.1) is 0 Å². The summed E-state index contributed by atoms with van der Waals surface area (Å²) in [5.41, 5.74) is 3.99. The highest BCUT2D eigenvalue weighted by molar-refractivity contribution is 7.19. The van der Waals surface area contributed by atoms with Gasteiger partial charge in [0.2, 0.25) is 0 Å². The number of hydrogen-bond acceptors (Lipinski definition) is 8. The van der Waals surface area contributed by atoms with Crippen LogP contribution in [0.5, 0.6) is 0 Å². The minimum atomic E-state index is 0.526. The zero-order valence-electron chi connectivity index (χ0n) is 17.9. The van der Waals surface area contributed by atoms with Crippen molar-refractivity contribution >= 4 is 38.3 Å². The summed E-state index contributed by atoms with van der Waals surface area (Å²) in [4.78, 5) is 17.5. The summed E-state index contributed by atoms with van der Waals surface area (Å²) in [5, 5.41) is 8.25. The van der Waals surface area contributed by atoms with Crippen LogP contribution in [0.3, 0.4) is 0 Å². The Balaban J connectivity index is 1.38. The van der Waals surface area contributed by atoms with Crippen LogP contribution in [-0.2, 0) is 22.7 Å². The van der Waals surface area contributed by atoms with Gasteiger partial charge in [-0.05, 0) is 29.8 Å². The first-order valence-electron chi connectivity index (χ1n) is 10.9. The molecule has 0 bridgehead atoms. The molecule has 0 unspecified atom stereocenters. The second kappa shape index (κ2) is 8.86. The van der Waals surface area contributed by atoms with Crippen LogP contribution in [0.25, 0.3) is 32.5 Å². The number of aromatic nitrogens is 5. The minimum Gasteiger partial charge on any atom is -0.378 e. The summed E-state index contributed by atoms with van der Waals surface area (Å²) in [6, 6.07) is 12.1. The predicted molar refractivity (Wildman–Crippen MR) is 128 cm³/mol. The number of nitrogens with zero attached hydrogens (tertiary/aromatic N) is 5. The molecule has 4 aromatic heterocycles. The van der Waals surface area contributed by atoms with Gasteiger partial charge < -0.3 is 14.4 Å². The molecule has 0 saturated carbocycles. The first-order chi connectivity index (χ1) is 16.3. The largest absolute Gasteiger partial charge is 0.378 e. The number of anilines is 1. The van der Waals surface area contributed by atoms with Gasteiger partial charge in [-0.25, -0.2) is 9.97 Å². The van der Waals surface area contributed by atoms with Crippen molar-refractivity contribution in [3.05, 3.63) is 65.4 Å². The zero-order valence-corrected chi connectivity index (χ0v) is 18.7. The summed E-state index contributed by atoms with van der Waals surface area (Å²) in [7, 11) is 0. The summed E-state index contributed by atoms with van der Waals surface area (Å²) >= 11 is 1.70. The Bertz CT molecular complexity index is 1390. The molecular formula is C24H22N6O2S. The molecule has 5 heterocycles. The van der Waals surface area contributed by atoms with E-state index in [4.69, 9.17) is 19.4 Å². The van der Waals surface area contributed by atoms with Crippen LogP contribution >= 0.6 is 11.3 Å². The summed E-state index contributed by atoms with van der Waals surface area (Å²) in [6.45, 7) is 4.10. The van der Waals surface area contributed by atoms with Gasteiger partial charge in [-0.15, -0.1) is 11.3 Å². The molecule has 6 rings (SSSR count). The van der Waals surface area contributed by atoms with Gasteiger partial charge in [0.15, 0.2) is 11.6 Å². The van der Waals surface area contributed by atoms with Gasteiger partial charge >= 0.3 is 0 Å². The molecule has 0 radical (unpaired) electrons. The number of pyridine rings is 1. The van der Waals surface area contributed by atoms with Crippen molar-refractivity contribution in [2.45, 2.75) is 13.2 Å². The van der Waals surface area contributed by atoms with Crippen LogP contribution in [-0.4, -0.2) is 51.5 Å². The van der Waals surface area contributed by atoms with E-state index in [9.17, 15) is 0 Å². The maximum atomic E-state index is 5.97. The molecule has 166 valence electrons. The van der Waals surface area contributed by atoms with Crippen LogP contribution in [0.15, 0.2) is 55.0 Å². The van der Waals surface area contributed by atoms with E-state index in [2.05, 4.69) is 26.1 Å². The molecule has 33 heavy (non-hydrogen) atoms.